The Bertz CT molecular complexity index is 592. The van der Waals surface area contributed by atoms with Crippen LogP contribution in [-0.4, -0.2) is 34.3 Å². The molecule has 0 radical (unpaired) electrons. The fourth-order valence-corrected chi connectivity index (χ4v) is 1.98. The van der Waals surface area contributed by atoms with Crippen LogP contribution in [0.4, 0.5) is 0 Å². The summed E-state index contributed by atoms with van der Waals surface area (Å²) in [4.78, 5) is 14.9. The van der Waals surface area contributed by atoms with Gasteiger partial charge in [0.15, 0.2) is 0 Å². The van der Waals surface area contributed by atoms with Crippen LogP contribution in [-0.2, 0) is 22.7 Å². The number of benzene rings is 1. The Morgan fingerprint density at radius 3 is 2.89 bits per heavy atom. The molecule has 102 valence electrons. The molecule has 0 spiro atoms. The van der Waals surface area contributed by atoms with Crippen LogP contribution >= 0.6 is 0 Å². The Morgan fingerprint density at radius 1 is 1.47 bits per heavy atom. The van der Waals surface area contributed by atoms with Gasteiger partial charge in [-0.1, -0.05) is 0 Å². The Balaban J connectivity index is 2.29. The molecule has 0 saturated heterocycles. The molecule has 0 atom stereocenters. The Labute approximate surface area is 110 Å². The van der Waals surface area contributed by atoms with E-state index in [2.05, 4.69) is 4.98 Å². The van der Waals surface area contributed by atoms with Crippen molar-refractivity contribution in [2.45, 2.75) is 20.1 Å². The van der Waals surface area contributed by atoms with Gasteiger partial charge in [0.1, 0.15) is 24.8 Å². The van der Waals surface area contributed by atoms with E-state index in [0.717, 1.165) is 23.3 Å². The van der Waals surface area contributed by atoms with Crippen molar-refractivity contribution in [3.05, 3.63) is 24.0 Å². The highest BCUT2D eigenvalue weighted by molar-refractivity contribution is 5.77. The van der Waals surface area contributed by atoms with Crippen LogP contribution in [0.25, 0.3) is 11.0 Å². The molecule has 2 rings (SSSR count). The van der Waals surface area contributed by atoms with E-state index in [1.54, 1.807) is 7.11 Å². The second kappa shape index (κ2) is 5.71. The van der Waals surface area contributed by atoms with Crippen molar-refractivity contribution in [3.8, 4) is 5.75 Å². The van der Waals surface area contributed by atoms with Gasteiger partial charge in [0.05, 0.1) is 18.1 Å². The number of nitrogens with zero attached hydrogens (tertiary/aromatic N) is 2. The van der Waals surface area contributed by atoms with Crippen LogP contribution in [0.5, 0.6) is 5.75 Å². The van der Waals surface area contributed by atoms with Gasteiger partial charge in [-0.15, -0.1) is 0 Å². The molecule has 0 amide bonds. The van der Waals surface area contributed by atoms with Gasteiger partial charge < -0.3 is 19.1 Å². The largest absolute Gasteiger partial charge is 0.497 e. The van der Waals surface area contributed by atoms with Gasteiger partial charge in [-0.25, -0.2) is 9.78 Å². The Hall–Kier alpha value is -2.08. The summed E-state index contributed by atoms with van der Waals surface area (Å²) in [5.41, 5.74) is 1.80. The lowest BCUT2D eigenvalue weighted by molar-refractivity contribution is -0.142. The third-order valence-corrected chi connectivity index (χ3v) is 2.81. The van der Waals surface area contributed by atoms with Crippen LogP contribution in [0.15, 0.2) is 18.2 Å². The minimum Gasteiger partial charge on any atom is -0.497 e. The van der Waals surface area contributed by atoms with Crippen LogP contribution in [0.2, 0.25) is 0 Å². The van der Waals surface area contributed by atoms with Crippen LogP contribution in [0, 0.1) is 0 Å². The van der Waals surface area contributed by atoms with E-state index in [9.17, 15) is 4.79 Å². The molecule has 1 aromatic carbocycles. The number of imidazole rings is 1. The average molecular weight is 264 g/mol. The van der Waals surface area contributed by atoms with Crippen LogP contribution in [0.3, 0.4) is 0 Å². The molecule has 6 nitrogen and oxygen atoms in total. The number of rotatable bonds is 6. The monoisotopic (exact) mass is 264 g/mol. The Kier molecular flexibility index (Phi) is 4.01. The van der Waals surface area contributed by atoms with Gasteiger partial charge in [0, 0.05) is 12.6 Å². The predicted octanol–water partition coefficient (Wildman–Crippen LogP) is 1.67. The van der Waals surface area contributed by atoms with Crippen LogP contribution in [0.1, 0.15) is 12.7 Å². The number of carbonyl (C=O) groups is 1. The number of aryl methyl sites for hydroxylation is 1. The molecule has 0 aliphatic heterocycles. The number of methoxy groups -OCH3 is 1. The molecule has 1 heterocycles. The number of aromatic nitrogens is 2. The van der Waals surface area contributed by atoms with Crippen molar-refractivity contribution in [1.29, 1.82) is 0 Å². The molecular weight excluding hydrogens is 248 g/mol. The first kappa shape index (κ1) is 13.4. The fourth-order valence-electron chi connectivity index (χ4n) is 1.98. The average Bonchev–Trinajstić information content (AvgIpc) is 2.74. The zero-order chi connectivity index (χ0) is 13.8. The van der Waals surface area contributed by atoms with E-state index in [1.807, 2.05) is 29.7 Å². The molecule has 0 saturated carbocycles. The molecule has 1 N–H and O–H groups in total. The summed E-state index contributed by atoms with van der Waals surface area (Å²) in [5, 5.41) is 8.56. The number of carboxylic acid groups (broad SMARTS) is 1. The van der Waals surface area contributed by atoms with Crippen molar-refractivity contribution in [2.75, 3.05) is 13.7 Å². The number of hydrogen-bond donors (Lipinski definition) is 1. The first-order valence-corrected chi connectivity index (χ1v) is 5.98. The smallest absolute Gasteiger partial charge is 0.329 e. The van der Waals surface area contributed by atoms with Crippen molar-refractivity contribution >= 4 is 17.0 Å². The van der Waals surface area contributed by atoms with Gasteiger partial charge in [0.2, 0.25) is 0 Å². The van der Waals surface area contributed by atoms with Crippen molar-refractivity contribution in [2.24, 2.45) is 0 Å². The second-order valence-electron chi connectivity index (χ2n) is 4.01. The molecule has 0 aliphatic rings. The van der Waals surface area contributed by atoms with Crippen molar-refractivity contribution in [1.82, 2.24) is 9.55 Å². The number of fused-ring (bicyclic) bond motifs is 1. The summed E-state index contributed by atoms with van der Waals surface area (Å²) in [6.45, 7) is 2.61. The first-order valence-electron chi connectivity index (χ1n) is 5.98. The lowest BCUT2D eigenvalue weighted by atomic mass is 10.3. The lowest BCUT2D eigenvalue weighted by Gasteiger charge is -2.06. The van der Waals surface area contributed by atoms with E-state index in [0.29, 0.717) is 5.82 Å². The number of ether oxygens (including phenoxy) is 2. The molecule has 0 aliphatic carbocycles. The third kappa shape index (κ3) is 2.85. The molecule has 19 heavy (non-hydrogen) atoms. The summed E-state index contributed by atoms with van der Waals surface area (Å²) in [5.74, 6) is 0.471. The predicted molar refractivity (Wildman–Crippen MR) is 69.3 cm³/mol. The molecule has 0 fully saturated rings. The van der Waals surface area contributed by atoms with Gasteiger partial charge in [0.25, 0.3) is 0 Å². The summed E-state index contributed by atoms with van der Waals surface area (Å²) >= 11 is 0. The molecular formula is C13H16N2O4. The topological polar surface area (TPSA) is 73.6 Å². The highest BCUT2D eigenvalue weighted by Gasteiger charge is 2.11. The van der Waals surface area contributed by atoms with E-state index in [-0.39, 0.29) is 13.2 Å². The molecule has 1 aromatic heterocycles. The van der Waals surface area contributed by atoms with E-state index < -0.39 is 5.97 Å². The first-order chi connectivity index (χ1) is 9.15. The van der Waals surface area contributed by atoms with E-state index in [1.165, 1.54) is 0 Å². The number of carboxylic acids is 1. The van der Waals surface area contributed by atoms with Crippen molar-refractivity contribution in [3.63, 3.8) is 0 Å². The highest BCUT2D eigenvalue weighted by Crippen LogP contribution is 2.22. The summed E-state index contributed by atoms with van der Waals surface area (Å²) in [7, 11) is 1.61. The SMILES string of the molecule is CCn1c(COCC(=O)O)nc2cc(OC)ccc21. The molecule has 0 bridgehead atoms. The van der Waals surface area contributed by atoms with E-state index >= 15 is 0 Å². The normalized spacial score (nSPS) is 10.8. The lowest BCUT2D eigenvalue weighted by Crippen LogP contribution is -2.10. The third-order valence-electron chi connectivity index (χ3n) is 2.81. The van der Waals surface area contributed by atoms with Crippen molar-refractivity contribution < 1.29 is 19.4 Å². The molecule has 6 heteroatoms. The maximum atomic E-state index is 10.4. The van der Waals surface area contributed by atoms with Gasteiger partial charge in [-0.3, -0.25) is 0 Å². The van der Waals surface area contributed by atoms with Gasteiger partial charge in [-0.05, 0) is 19.1 Å². The van der Waals surface area contributed by atoms with Crippen LogP contribution < -0.4 is 4.74 Å². The van der Waals surface area contributed by atoms with Gasteiger partial charge in [-0.2, -0.15) is 0 Å². The minimum absolute atomic E-state index is 0.178. The highest BCUT2D eigenvalue weighted by atomic mass is 16.5. The molecule has 0 unspecified atom stereocenters. The minimum atomic E-state index is -0.985. The summed E-state index contributed by atoms with van der Waals surface area (Å²) in [6, 6.07) is 5.66. The zero-order valence-electron chi connectivity index (χ0n) is 10.9. The van der Waals surface area contributed by atoms with E-state index in [4.69, 9.17) is 14.6 Å². The van der Waals surface area contributed by atoms with Gasteiger partial charge >= 0.3 is 5.97 Å². The fraction of sp³-hybridized carbons (Fsp3) is 0.385. The number of hydrogen-bond acceptors (Lipinski definition) is 4. The second-order valence-corrected chi connectivity index (χ2v) is 4.01. The standard InChI is InChI=1S/C13H16N2O4/c1-3-15-11-5-4-9(18-2)6-10(11)14-12(15)7-19-8-13(16)17/h4-6H,3,7-8H2,1-2H3,(H,16,17). The zero-order valence-corrected chi connectivity index (χ0v) is 10.9. The summed E-state index contributed by atoms with van der Waals surface area (Å²) in [6.07, 6.45) is 0. The quantitative estimate of drug-likeness (QED) is 0.859. The molecule has 2 aromatic rings. The summed E-state index contributed by atoms with van der Waals surface area (Å²) < 4.78 is 12.3. The maximum Gasteiger partial charge on any atom is 0.329 e. The maximum absolute atomic E-state index is 10.4. The Morgan fingerprint density at radius 2 is 2.26 bits per heavy atom. The number of aliphatic carboxylic acids is 1.